The lowest BCUT2D eigenvalue weighted by molar-refractivity contribution is -0.137. The number of rotatable bonds is 2. The molecule has 2 aromatic rings. The highest BCUT2D eigenvalue weighted by Gasteiger charge is 2.31. The number of hydrogen-bond donors (Lipinski definition) is 2. The Morgan fingerprint density at radius 3 is 2.40 bits per heavy atom. The van der Waals surface area contributed by atoms with Gasteiger partial charge in [-0.1, -0.05) is 18.2 Å². The minimum Gasteiger partial charge on any atom is -0.423 e. The van der Waals surface area contributed by atoms with Crippen molar-refractivity contribution in [3.8, 4) is 11.3 Å². The van der Waals surface area contributed by atoms with E-state index in [0.717, 1.165) is 12.1 Å². The van der Waals surface area contributed by atoms with E-state index in [1.807, 2.05) is 0 Å². The highest BCUT2D eigenvalue weighted by molar-refractivity contribution is 6.60. The van der Waals surface area contributed by atoms with E-state index in [1.54, 1.807) is 13.0 Å². The smallest absolute Gasteiger partial charge is 0.423 e. The van der Waals surface area contributed by atoms with Gasteiger partial charge in [0.2, 0.25) is 0 Å². The number of nitrogens with zero attached hydrogens (tertiary/aromatic N) is 1. The summed E-state index contributed by atoms with van der Waals surface area (Å²) in [6, 6.07) is 7.59. The van der Waals surface area contributed by atoms with Crippen LogP contribution in [0.25, 0.3) is 11.3 Å². The molecule has 104 valence electrons. The second kappa shape index (κ2) is 5.26. The molecule has 0 bridgehead atoms. The number of halogens is 3. The topological polar surface area (TPSA) is 53.4 Å². The van der Waals surface area contributed by atoms with Crippen molar-refractivity contribution in [2.75, 3.05) is 0 Å². The van der Waals surface area contributed by atoms with Gasteiger partial charge in [0, 0.05) is 16.7 Å². The maximum absolute atomic E-state index is 12.7. The zero-order valence-electron chi connectivity index (χ0n) is 10.5. The van der Waals surface area contributed by atoms with Crippen LogP contribution in [0.2, 0.25) is 0 Å². The third-order valence-corrected chi connectivity index (χ3v) is 2.81. The first-order chi connectivity index (χ1) is 9.29. The third kappa shape index (κ3) is 3.00. The van der Waals surface area contributed by atoms with Crippen LogP contribution in [0, 0.1) is 6.92 Å². The predicted molar refractivity (Wildman–Crippen MR) is 69.2 cm³/mol. The fraction of sp³-hybridized carbons (Fsp3) is 0.154. The van der Waals surface area contributed by atoms with Gasteiger partial charge in [0.05, 0.1) is 11.3 Å². The van der Waals surface area contributed by atoms with Crippen molar-refractivity contribution in [2.45, 2.75) is 13.1 Å². The van der Waals surface area contributed by atoms with Crippen molar-refractivity contribution < 1.29 is 23.2 Å². The molecule has 0 amide bonds. The molecule has 7 heteroatoms. The van der Waals surface area contributed by atoms with Crippen LogP contribution in [0.15, 0.2) is 36.4 Å². The van der Waals surface area contributed by atoms with Crippen molar-refractivity contribution in [1.82, 2.24) is 4.98 Å². The lowest BCUT2D eigenvalue weighted by Gasteiger charge is -2.12. The zero-order valence-corrected chi connectivity index (χ0v) is 10.5. The van der Waals surface area contributed by atoms with Crippen LogP contribution < -0.4 is 5.46 Å². The standard InChI is InChI=1S/C13H11BF3NO2/c1-8-5-6-11(14(19)20)12(18-8)9-3-2-4-10(7-9)13(15,16)17/h2-7,19-20H,1H3. The Balaban J connectivity index is 2.59. The number of aromatic nitrogens is 1. The normalized spacial score (nSPS) is 11.5. The molecule has 1 aromatic carbocycles. The van der Waals surface area contributed by atoms with E-state index >= 15 is 0 Å². The Morgan fingerprint density at radius 2 is 1.80 bits per heavy atom. The van der Waals surface area contributed by atoms with Gasteiger partial charge in [0.15, 0.2) is 0 Å². The summed E-state index contributed by atoms with van der Waals surface area (Å²) in [5.41, 5.74) is 0.145. The van der Waals surface area contributed by atoms with Gasteiger partial charge in [-0.15, -0.1) is 0 Å². The van der Waals surface area contributed by atoms with E-state index in [1.165, 1.54) is 18.2 Å². The van der Waals surface area contributed by atoms with E-state index in [0.29, 0.717) is 5.69 Å². The van der Waals surface area contributed by atoms with E-state index in [9.17, 15) is 23.2 Å². The van der Waals surface area contributed by atoms with Crippen molar-refractivity contribution in [1.29, 1.82) is 0 Å². The Hall–Kier alpha value is -1.86. The molecule has 3 nitrogen and oxygen atoms in total. The van der Waals surface area contributed by atoms with Crippen molar-refractivity contribution in [3.05, 3.63) is 47.7 Å². The molecular formula is C13H11BF3NO2. The molecule has 1 aromatic heterocycles. The van der Waals surface area contributed by atoms with Crippen LogP contribution >= 0.6 is 0 Å². The predicted octanol–water partition coefficient (Wildman–Crippen LogP) is 1.76. The number of alkyl halides is 3. The maximum Gasteiger partial charge on any atom is 0.490 e. The average Bonchev–Trinajstić information content (AvgIpc) is 2.37. The molecule has 0 radical (unpaired) electrons. The van der Waals surface area contributed by atoms with Crippen LogP contribution in [-0.2, 0) is 6.18 Å². The van der Waals surface area contributed by atoms with Gasteiger partial charge < -0.3 is 10.0 Å². The Kier molecular flexibility index (Phi) is 3.83. The van der Waals surface area contributed by atoms with Gasteiger partial charge in [0.25, 0.3) is 0 Å². The summed E-state index contributed by atoms with van der Waals surface area (Å²) in [5, 5.41) is 18.6. The number of benzene rings is 1. The summed E-state index contributed by atoms with van der Waals surface area (Å²) < 4.78 is 38.1. The van der Waals surface area contributed by atoms with Crippen molar-refractivity contribution in [3.63, 3.8) is 0 Å². The summed E-state index contributed by atoms with van der Waals surface area (Å²) in [7, 11) is -1.80. The number of aryl methyl sites for hydroxylation is 1. The summed E-state index contributed by atoms with van der Waals surface area (Å²) in [6.07, 6.45) is -4.46. The van der Waals surface area contributed by atoms with Gasteiger partial charge in [-0.25, -0.2) is 0 Å². The molecule has 0 saturated heterocycles. The van der Waals surface area contributed by atoms with Crippen LogP contribution in [-0.4, -0.2) is 22.2 Å². The number of pyridine rings is 1. The first-order valence-corrected chi connectivity index (χ1v) is 5.80. The lowest BCUT2D eigenvalue weighted by Crippen LogP contribution is -2.32. The molecule has 0 unspecified atom stereocenters. The Bertz CT molecular complexity index is 629. The van der Waals surface area contributed by atoms with Gasteiger partial charge >= 0.3 is 13.3 Å². The van der Waals surface area contributed by atoms with Crippen LogP contribution in [0.3, 0.4) is 0 Å². The average molecular weight is 281 g/mol. The molecule has 0 spiro atoms. The summed E-state index contributed by atoms with van der Waals surface area (Å²) in [5.74, 6) is 0. The highest BCUT2D eigenvalue weighted by Crippen LogP contribution is 2.31. The maximum atomic E-state index is 12.7. The third-order valence-electron chi connectivity index (χ3n) is 2.81. The second-order valence-electron chi connectivity index (χ2n) is 4.34. The summed E-state index contributed by atoms with van der Waals surface area (Å²) in [6.45, 7) is 1.67. The molecule has 0 saturated carbocycles. The quantitative estimate of drug-likeness (QED) is 0.825. The van der Waals surface area contributed by atoms with E-state index < -0.39 is 18.9 Å². The van der Waals surface area contributed by atoms with Crippen molar-refractivity contribution >= 4 is 12.6 Å². The zero-order chi connectivity index (χ0) is 14.9. The second-order valence-corrected chi connectivity index (χ2v) is 4.34. The number of hydrogen-bond acceptors (Lipinski definition) is 3. The molecule has 0 fully saturated rings. The SMILES string of the molecule is Cc1ccc(B(O)O)c(-c2cccc(C(F)(F)F)c2)n1. The monoisotopic (exact) mass is 281 g/mol. The molecule has 0 aliphatic carbocycles. The van der Waals surface area contributed by atoms with Crippen LogP contribution in [0.4, 0.5) is 13.2 Å². The van der Waals surface area contributed by atoms with Crippen LogP contribution in [0.5, 0.6) is 0 Å². The molecule has 2 N–H and O–H groups in total. The minimum absolute atomic E-state index is 0.0647. The molecule has 0 aliphatic rings. The first kappa shape index (κ1) is 14.6. The minimum atomic E-state index is -4.46. The summed E-state index contributed by atoms with van der Waals surface area (Å²) in [4.78, 5) is 4.10. The fourth-order valence-corrected chi connectivity index (χ4v) is 1.85. The van der Waals surface area contributed by atoms with Gasteiger partial charge in [-0.05, 0) is 25.1 Å². The van der Waals surface area contributed by atoms with Crippen LogP contribution in [0.1, 0.15) is 11.3 Å². The van der Waals surface area contributed by atoms with Gasteiger partial charge in [-0.2, -0.15) is 13.2 Å². The molecule has 2 rings (SSSR count). The molecule has 0 aliphatic heterocycles. The molecule has 20 heavy (non-hydrogen) atoms. The molecular weight excluding hydrogens is 270 g/mol. The molecule has 0 atom stereocenters. The van der Waals surface area contributed by atoms with E-state index in [-0.39, 0.29) is 16.7 Å². The largest absolute Gasteiger partial charge is 0.490 e. The lowest BCUT2D eigenvalue weighted by atomic mass is 9.77. The fourth-order valence-electron chi connectivity index (χ4n) is 1.85. The Labute approximate surface area is 113 Å². The van der Waals surface area contributed by atoms with Gasteiger partial charge in [-0.3, -0.25) is 4.98 Å². The van der Waals surface area contributed by atoms with E-state index in [4.69, 9.17) is 0 Å². The first-order valence-electron chi connectivity index (χ1n) is 5.80. The van der Waals surface area contributed by atoms with Crippen molar-refractivity contribution in [2.24, 2.45) is 0 Å². The van der Waals surface area contributed by atoms with Gasteiger partial charge in [0.1, 0.15) is 0 Å². The summed E-state index contributed by atoms with van der Waals surface area (Å²) >= 11 is 0. The molecule has 1 heterocycles. The Morgan fingerprint density at radius 1 is 1.10 bits per heavy atom. The van der Waals surface area contributed by atoms with E-state index in [2.05, 4.69) is 4.98 Å². The highest BCUT2D eigenvalue weighted by atomic mass is 19.4.